The number of benzene rings is 1. The molecule has 0 atom stereocenters. The number of aryl methyl sites for hydroxylation is 1. The van der Waals surface area contributed by atoms with E-state index >= 15 is 0 Å². The SMILES string of the molecule is O=CN1CCN(CCCCc2ccccc2)CC1. The highest BCUT2D eigenvalue weighted by Crippen LogP contribution is 2.06. The smallest absolute Gasteiger partial charge is 0.209 e. The van der Waals surface area contributed by atoms with Crippen molar-refractivity contribution in [1.82, 2.24) is 9.80 Å². The Morgan fingerprint density at radius 1 is 1.00 bits per heavy atom. The third-order valence-electron chi connectivity index (χ3n) is 3.59. The van der Waals surface area contributed by atoms with Gasteiger partial charge in [-0.15, -0.1) is 0 Å². The molecule has 0 spiro atoms. The molecule has 1 fully saturated rings. The Morgan fingerprint density at radius 2 is 1.72 bits per heavy atom. The van der Waals surface area contributed by atoms with Gasteiger partial charge in [-0.05, 0) is 31.4 Å². The van der Waals surface area contributed by atoms with Gasteiger partial charge >= 0.3 is 0 Å². The fraction of sp³-hybridized carbons (Fsp3) is 0.533. The lowest BCUT2D eigenvalue weighted by atomic mass is 10.1. The summed E-state index contributed by atoms with van der Waals surface area (Å²) >= 11 is 0. The molecule has 1 saturated heterocycles. The normalized spacial score (nSPS) is 16.8. The van der Waals surface area contributed by atoms with Crippen LogP contribution in [0.25, 0.3) is 0 Å². The van der Waals surface area contributed by atoms with Gasteiger partial charge in [0.05, 0.1) is 0 Å². The summed E-state index contributed by atoms with van der Waals surface area (Å²) < 4.78 is 0. The van der Waals surface area contributed by atoms with E-state index in [0.29, 0.717) is 0 Å². The number of hydrogen-bond donors (Lipinski definition) is 0. The highest BCUT2D eigenvalue weighted by Gasteiger charge is 2.14. The van der Waals surface area contributed by atoms with Gasteiger partial charge in [-0.2, -0.15) is 0 Å². The van der Waals surface area contributed by atoms with Crippen LogP contribution in [0.4, 0.5) is 0 Å². The van der Waals surface area contributed by atoms with Crippen LogP contribution in [0.2, 0.25) is 0 Å². The zero-order valence-electron chi connectivity index (χ0n) is 10.9. The number of rotatable bonds is 6. The van der Waals surface area contributed by atoms with Gasteiger partial charge in [0.15, 0.2) is 0 Å². The molecule has 3 nitrogen and oxygen atoms in total. The first-order chi connectivity index (χ1) is 8.88. The van der Waals surface area contributed by atoms with E-state index in [-0.39, 0.29) is 0 Å². The molecule has 0 aliphatic carbocycles. The average molecular weight is 246 g/mol. The van der Waals surface area contributed by atoms with Crippen LogP contribution in [0.5, 0.6) is 0 Å². The fourth-order valence-corrected chi connectivity index (χ4v) is 2.40. The largest absolute Gasteiger partial charge is 0.343 e. The van der Waals surface area contributed by atoms with Gasteiger partial charge in [-0.3, -0.25) is 9.69 Å². The minimum Gasteiger partial charge on any atom is -0.343 e. The second kappa shape index (κ2) is 7.17. The molecule has 2 rings (SSSR count). The van der Waals surface area contributed by atoms with Gasteiger partial charge in [0.25, 0.3) is 0 Å². The number of carbonyl (C=O) groups excluding carboxylic acids is 1. The lowest BCUT2D eigenvalue weighted by Gasteiger charge is -2.32. The van der Waals surface area contributed by atoms with Crippen molar-refractivity contribution in [3.8, 4) is 0 Å². The molecule has 0 unspecified atom stereocenters. The molecule has 1 amide bonds. The monoisotopic (exact) mass is 246 g/mol. The van der Waals surface area contributed by atoms with Crippen molar-refractivity contribution in [3.63, 3.8) is 0 Å². The summed E-state index contributed by atoms with van der Waals surface area (Å²) in [6.45, 7) is 5.01. The predicted octanol–water partition coefficient (Wildman–Crippen LogP) is 1.78. The van der Waals surface area contributed by atoms with Crippen molar-refractivity contribution in [3.05, 3.63) is 35.9 Å². The molecule has 1 aliphatic heterocycles. The van der Waals surface area contributed by atoms with E-state index in [1.165, 1.54) is 31.4 Å². The van der Waals surface area contributed by atoms with Crippen molar-refractivity contribution in [1.29, 1.82) is 0 Å². The van der Waals surface area contributed by atoms with Gasteiger partial charge < -0.3 is 4.90 Å². The number of hydrogen-bond acceptors (Lipinski definition) is 2. The summed E-state index contributed by atoms with van der Waals surface area (Å²) in [6.07, 6.45) is 4.63. The van der Waals surface area contributed by atoms with Gasteiger partial charge in [-0.1, -0.05) is 30.3 Å². The number of piperazine rings is 1. The summed E-state index contributed by atoms with van der Waals surface area (Å²) in [6, 6.07) is 10.7. The summed E-state index contributed by atoms with van der Waals surface area (Å²) in [4.78, 5) is 14.9. The van der Waals surface area contributed by atoms with Crippen molar-refractivity contribution in [2.45, 2.75) is 19.3 Å². The van der Waals surface area contributed by atoms with Crippen molar-refractivity contribution in [2.75, 3.05) is 32.7 Å². The second-order valence-electron chi connectivity index (χ2n) is 4.93. The third kappa shape index (κ3) is 4.15. The first kappa shape index (κ1) is 13.1. The minimum atomic E-state index is 0.891. The maximum atomic E-state index is 10.6. The molecule has 0 N–H and O–H groups in total. The standard InChI is InChI=1S/C15H22N2O/c18-14-17-12-10-16(11-13-17)9-5-4-8-15-6-2-1-3-7-15/h1-3,6-7,14H,4-5,8-13H2. The van der Waals surface area contributed by atoms with E-state index in [4.69, 9.17) is 0 Å². The minimum absolute atomic E-state index is 0.891. The molecule has 0 bridgehead atoms. The van der Waals surface area contributed by atoms with E-state index in [2.05, 4.69) is 35.2 Å². The fourth-order valence-electron chi connectivity index (χ4n) is 2.40. The van der Waals surface area contributed by atoms with Crippen molar-refractivity contribution < 1.29 is 4.79 Å². The molecular weight excluding hydrogens is 224 g/mol. The zero-order chi connectivity index (χ0) is 12.6. The topological polar surface area (TPSA) is 23.6 Å². The molecular formula is C15H22N2O. The highest BCUT2D eigenvalue weighted by molar-refractivity contribution is 5.47. The Morgan fingerprint density at radius 3 is 2.39 bits per heavy atom. The van der Waals surface area contributed by atoms with Crippen LogP contribution in [0, 0.1) is 0 Å². The molecule has 0 saturated carbocycles. The van der Waals surface area contributed by atoms with Gasteiger partial charge in [0.2, 0.25) is 6.41 Å². The number of amides is 1. The van der Waals surface area contributed by atoms with Crippen LogP contribution in [0.15, 0.2) is 30.3 Å². The molecule has 18 heavy (non-hydrogen) atoms. The molecule has 3 heteroatoms. The highest BCUT2D eigenvalue weighted by atomic mass is 16.1. The number of nitrogens with zero attached hydrogens (tertiary/aromatic N) is 2. The number of unbranched alkanes of at least 4 members (excludes halogenated alkanes) is 1. The van der Waals surface area contributed by atoms with E-state index < -0.39 is 0 Å². The van der Waals surface area contributed by atoms with Crippen molar-refractivity contribution in [2.24, 2.45) is 0 Å². The summed E-state index contributed by atoms with van der Waals surface area (Å²) in [5.74, 6) is 0. The van der Waals surface area contributed by atoms with Crippen LogP contribution >= 0.6 is 0 Å². The van der Waals surface area contributed by atoms with Gasteiger partial charge in [0, 0.05) is 26.2 Å². The zero-order valence-corrected chi connectivity index (χ0v) is 10.9. The lowest BCUT2D eigenvalue weighted by Crippen LogP contribution is -2.45. The summed E-state index contributed by atoms with van der Waals surface area (Å²) in [5, 5.41) is 0. The summed E-state index contributed by atoms with van der Waals surface area (Å²) in [7, 11) is 0. The lowest BCUT2D eigenvalue weighted by molar-refractivity contribution is -0.119. The Balaban J connectivity index is 1.58. The maximum Gasteiger partial charge on any atom is 0.209 e. The van der Waals surface area contributed by atoms with Gasteiger partial charge in [0.1, 0.15) is 0 Å². The van der Waals surface area contributed by atoms with Crippen LogP contribution in [0.1, 0.15) is 18.4 Å². The Hall–Kier alpha value is -1.35. The second-order valence-corrected chi connectivity index (χ2v) is 4.93. The first-order valence-corrected chi connectivity index (χ1v) is 6.84. The third-order valence-corrected chi connectivity index (χ3v) is 3.59. The van der Waals surface area contributed by atoms with Gasteiger partial charge in [-0.25, -0.2) is 0 Å². The van der Waals surface area contributed by atoms with Crippen LogP contribution in [-0.2, 0) is 11.2 Å². The Labute approximate surface area is 109 Å². The van der Waals surface area contributed by atoms with Crippen LogP contribution in [-0.4, -0.2) is 48.9 Å². The average Bonchev–Trinajstić information content (AvgIpc) is 2.45. The van der Waals surface area contributed by atoms with E-state index in [9.17, 15) is 4.79 Å². The molecule has 0 aromatic heterocycles. The molecule has 0 radical (unpaired) electrons. The van der Waals surface area contributed by atoms with E-state index in [1.54, 1.807) is 0 Å². The molecule has 98 valence electrons. The number of carbonyl (C=O) groups is 1. The quantitative estimate of drug-likeness (QED) is 0.564. The summed E-state index contributed by atoms with van der Waals surface area (Å²) in [5.41, 5.74) is 1.43. The van der Waals surface area contributed by atoms with E-state index in [0.717, 1.165) is 32.6 Å². The molecule has 1 aromatic carbocycles. The molecule has 1 heterocycles. The first-order valence-electron chi connectivity index (χ1n) is 6.84. The Bertz CT molecular complexity index is 345. The Kier molecular flexibility index (Phi) is 5.21. The van der Waals surface area contributed by atoms with Crippen LogP contribution < -0.4 is 0 Å². The van der Waals surface area contributed by atoms with E-state index in [1.807, 2.05) is 4.90 Å². The van der Waals surface area contributed by atoms with Crippen molar-refractivity contribution >= 4 is 6.41 Å². The van der Waals surface area contributed by atoms with Crippen LogP contribution in [0.3, 0.4) is 0 Å². The predicted molar refractivity (Wildman–Crippen MR) is 73.5 cm³/mol. The molecule has 1 aliphatic rings. The molecule has 1 aromatic rings. The maximum absolute atomic E-state index is 10.6.